The highest BCUT2D eigenvalue weighted by Crippen LogP contribution is 2.22. The van der Waals surface area contributed by atoms with Gasteiger partial charge in [0.05, 0.1) is 5.69 Å². The maximum Gasteiger partial charge on any atom is 0.226 e. The molecule has 1 unspecified atom stereocenters. The number of hydrogen-bond acceptors (Lipinski definition) is 4. The van der Waals surface area contributed by atoms with Crippen LogP contribution >= 0.6 is 11.3 Å². The van der Waals surface area contributed by atoms with Crippen LogP contribution in [-0.4, -0.2) is 33.9 Å². The molecule has 0 bridgehead atoms. The van der Waals surface area contributed by atoms with Crippen LogP contribution in [0.3, 0.4) is 0 Å². The molecule has 1 amide bonds. The molecule has 6 heteroatoms. The lowest BCUT2D eigenvalue weighted by atomic mass is 10.0. The summed E-state index contributed by atoms with van der Waals surface area (Å²) in [5, 5.41) is 6.92. The molecule has 0 radical (unpaired) electrons. The summed E-state index contributed by atoms with van der Waals surface area (Å²) in [6.45, 7) is 5.48. The average Bonchev–Trinajstić information content (AvgIpc) is 3.27. The van der Waals surface area contributed by atoms with E-state index < -0.39 is 0 Å². The van der Waals surface area contributed by atoms with Crippen molar-refractivity contribution in [3.05, 3.63) is 47.1 Å². The maximum atomic E-state index is 12.3. The number of H-pyrrole nitrogens is 1. The molecular formula is C21H26N4OS. The second kappa shape index (κ2) is 8.23. The minimum absolute atomic E-state index is 0.0211. The zero-order valence-electron chi connectivity index (χ0n) is 15.7. The number of anilines is 1. The van der Waals surface area contributed by atoms with E-state index in [1.165, 1.54) is 35.1 Å². The molecule has 3 heterocycles. The van der Waals surface area contributed by atoms with Crippen molar-refractivity contribution in [1.82, 2.24) is 14.9 Å². The van der Waals surface area contributed by atoms with Crippen LogP contribution in [0.1, 0.15) is 37.4 Å². The van der Waals surface area contributed by atoms with Crippen LogP contribution in [0.5, 0.6) is 0 Å². The van der Waals surface area contributed by atoms with Gasteiger partial charge in [0.2, 0.25) is 5.91 Å². The van der Waals surface area contributed by atoms with Crippen LogP contribution < -0.4 is 5.32 Å². The van der Waals surface area contributed by atoms with Gasteiger partial charge in [-0.2, -0.15) is 0 Å². The minimum Gasteiger partial charge on any atom is -0.361 e. The molecule has 142 valence electrons. The van der Waals surface area contributed by atoms with Crippen molar-refractivity contribution in [2.75, 3.05) is 18.4 Å². The number of thiazole rings is 1. The standard InChI is InChI=1S/C21H26N4OS/c1-15-5-4-10-25(12-15)13-17-14-27-21(23-17)24-20(26)9-8-16-11-22-19-7-3-2-6-18(16)19/h2-3,6-7,11,14-15,22H,4-5,8-10,12-13H2,1H3,(H,23,24,26). The Labute approximate surface area is 163 Å². The third-order valence-corrected chi connectivity index (χ3v) is 6.03. The Bertz CT molecular complexity index is 916. The number of piperidine rings is 1. The van der Waals surface area contributed by atoms with Gasteiger partial charge in [0.25, 0.3) is 0 Å². The van der Waals surface area contributed by atoms with Crippen LogP contribution in [0.4, 0.5) is 5.13 Å². The second-order valence-corrected chi connectivity index (χ2v) is 8.39. The third kappa shape index (κ3) is 4.57. The molecule has 0 spiro atoms. The Hall–Kier alpha value is -2.18. The number of para-hydroxylation sites is 1. The first-order valence-electron chi connectivity index (χ1n) is 9.69. The maximum absolute atomic E-state index is 12.3. The van der Waals surface area contributed by atoms with Crippen molar-refractivity contribution in [2.24, 2.45) is 5.92 Å². The summed E-state index contributed by atoms with van der Waals surface area (Å²) in [7, 11) is 0. The molecule has 1 atom stereocenters. The van der Waals surface area contributed by atoms with Gasteiger partial charge in [-0.3, -0.25) is 9.69 Å². The summed E-state index contributed by atoms with van der Waals surface area (Å²) in [6, 6.07) is 8.19. The van der Waals surface area contributed by atoms with Crippen molar-refractivity contribution >= 4 is 33.3 Å². The number of benzene rings is 1. The third-order valence-electron chi connectivity index (χ3n) is 5.22. The molecule has 1 saturated heterocycles. The number of likely N-dealkylation sites (tertiary alicyclic amines) is 1. The van der Waals surface area contributed by atoms with Crippen LogP contribution in [0.25, 0.3) is 10.9 Å². The van der Waals surface area contributed by atoms with Crippen molar-refractivity contribution in [2.45, 2.75) is 39.2 Å². The molecule has 2 N–H and O–H groups in total. The summed E-state index contributed by atoms with van der Waals surface area (Å²) in [5.74, 6) is 0.786. The Balaban J connectivity index is 1.29. The Kier molecular flexibility index (Phi) is 5.55. The van der Waals surface area contributed by atoms with Gasteiger partial charge in [0.1, 0.15) is 0 Å². The number of aryl methyl sites for hydroxylation is 1. The highest BCUT2D eigenvalue weighted by atomic mass is 32.1. The Morgan fingerprint density at radius 2 is 2.30 bits per heavy atom. The first-order valence-corrected chi connectivity index (χ1v) is 10.6. The van der Waals surface area contributed by atoms with Gasteiger partial charge in [-0.05, 0) is 43.4 Å². The zero-order chi connectivity index (χ0) is 18.6. The van der Waals surface area contributed by atoms with E-state index in [1.54, 1.807) is 0 Å². The number of fused-ring (bicyclic) bond motifs is 1. The summed E-state index contributed by atoms with van der Waals surface area (Å²) >= 11 is 1.52. The van der Waals surface area contributed by atoms with Crippen molar-refractivity contribution in [3.8, 4) is 0 Å². The highest BCUT2D eigenvalue weighted by molar-refractivity contribution is 7.13. The second-order valence-electron chi connectivity index (χ2n) is 7.53. The lowest BCUT2D eigenvalue weighted by Crippen LogP contribution is -2.33. The number of carbonyl (C=O) groups is 1. The van der Waals surface area contributed by atoms with E-state index in [9.17, 15) is 4.79 Å². The van der Waals surface area contributed by atoms with Crippen LogP contribution in [-0.2, 0) is 17.8 Å². The van der Waals surface area contributed by atoms with Gasteiger partial charge < -0.3 is 10.3 Å². The van der Waals surface area contributed by atoms with Crippen LogP contribution in [0, 0.1) is 5.92 Å². The van der Waals surface area contributed by atoms with Gasteiger partial charge >= 0.3 is 0 Å². The molecule has 1 aromatic carbocycles. The van der Waals surface area contributed by atoms with Crippen molar-refractivity contribution < 1.29 is 4.79 Å². The molecule has 1 aliphatic rings. The van der Waals surface area contributed by atoms with Crippen molar-refractivity contribution in [1.29, 1.82) is 0 Å². The Morgan fingerprint density at radius 3 is 3.19 bits per heavy atom. The molecule has 1 fully saturated rings. The fourth-order valence-corrected chi connectivity index (χ4v) is 4.58. The predicted molar refractivity (Wildman–Crippen MR) is 111 cm³/mol. The van der Waals surface area contributed by atoms with Gasteiger partial charge in [0, 0.05) is 42.0 Å². The molecule has 27 heavy (non-hydrogen) atoms. The molecular weight excluding hydrogens is 356 g/mol. The number of nitrogens with one attached hydrogen (secondary N) is 2. The Morgan fingerprint density at radius 1 is 1.41 bits per heavy atom. The fourth-order valence-electron chi connectivity index (χ4n) is 3.86. The number of nitrogens with zero attached hydrogens (tertiary/aromatic N) is 2. The lowest BCUT2D eigenvalue weighted by Gasteiger charge is -2.30. The van der Waals surface area contributed by atoms with E-state index in [0.717, 1.165) is 43.2 Å². The van der Waals surface area contributed by atoms with Gasteiger partial charge in [-0.25, -0.2) is 4.98 Å². The van der Waals surface area contributed by atoms with Gasteiger partial charge in [-0.1, -0.05) is 25.1 Å². The van der Waals surface area contributed by atoms with E-state index in [4.69, 9.17) is 0 Å². The van der Waals surface area contributed by atoms with Gasteiger partial charge in [-0.15, -0.1) is 11.3 Å². The van der Waals surface area contributed by atoms with E-state index in [2.05, 4.69) is 44.6 Å². The lowest BCUT2D eigenvalue weighted by molar-refractivity contribution is -0.116. The van der Waals surface area contributed by atoms with Crippen molar-refractivity contribution in [3.63, 3.8) is 0 Å². The fraction of sp³-hybridized carbons (Fsp3) is 0.429. The number of carbonyl (C=O) groups excluding carboxylic acids is 1. The highest BCUT2D eigenvalue weighted by Gasteiger charge is 2.17. The summed E-state index contributed by atoms with van der Waals surface area (Å²) in [4.78, 5) is 22.6. The smallest absolute Gasteiger partial charge is 0.226 e. The van der Waals surface area contributed by atoms with Crippen LogP contribution in [0.2, 0.25) is 0 Å². The normalized spacial score (nSPS) is 18.0. The monoisotopic (exact) mass is 382 g/mol. The molecule has 0 saturated carbocycles. The number of aromatic amines is 1. The van der Waals surface area contributed by atoms with E-state index in [1.807, 2.05) is 18.3 Å². The van der Waals surface area contributed by atoms with Gasteiger partial charge in [0.15, 0.2) is 5.13 Å². The molecule has 2 aromatic heterocycles. The average molecular weight is 383 g/mol. The number of aromatic nitrogens is 2. The van der Waals surface area contributed by atoms with E-state index in [0.29, 0.717) is 11.6 Å². The molecule has 1 aliphatic heterocycles. The zero-order valence-corrected chi connectivity index (χ0v) is 16.5. The summed E-state index contributed by atoms with van der Waals surface area (Å²) < 4.78 is 0. The van der Waals surface area contributed by atoms with E-state index >= 15 is 0 Å². The molecule has 5 nitrogen and oxygen atoms in total. The number of hydrogen-bond donors (Lipinski definition) is 2. The number of rotatable bonds is 6. The topological polar surface area (TPSA) is 61.0 Å². The largest absolute Gasteiger partial charge is 0.361 e. The van der Waals surface area contributed by atoms with Crippen LogP contribution in [0.15, 0.2) is 35.8 Å². The van der Waals surface area contributed by atoms with E-state index in [-0.39, 0.29) is 5.91 Å². The minimum atomic E-state index is 0.0211. The summed E-state index contributed by atoms with van der Waals surface area (Å²) in [5.41, 5.74) is 3.35. The number of amides is 1. The summed E-state index contributed by atoms with van der Waals surface area (Å²) in [6.07, 6.45) is 5.77. The quantitative estimate of drug-likeness (QED) is 0.663. The SMILES string of the molecule is CC1CCCN(Cc2csc(NC(=O)CCc3c[nH]c4ccccc34)n2)C1. The molecule has 4 rings (SSSR count). The predicted octanol–water partition coefficient (Wildman–Crippen LogP) is 4.43. The molecule has 0 aliphatic carbocycles. The first-order chi connectivity index (χ1) is 13.2. The molecule has 3 aromatic rings. The first kappa shape index (κ1) is 18.2.